The van der Waals surface area contributed by atoms with E-state index in [4.69, 9.17) is 9.47 Å². The molecule has 0 bridgehead atoms. The molecule has 0 unspecified atom stereocenters. The van der Waals surface area contributed by atoms with Crippen LogP contribution in [0.3, 0.4) is 0 Å². The Hall–Kier alpha value is -3.16. The fraction of sp³-hybridized carbons (Fsp3) is 0.400. The summed E-state index contributed by atoms with van der Waals surface area (Å²) in [6.07, 6.45) is 2.46. The molecule has 1 amide bonds. The molecule has 28 heavy (non-hydrogen) atoms. The van der Waals surface area contributed by atoms with Crippen LogP contribution in [0.25, 0.3) is 5.78 Å². The molecule has 0 atom stereocenters. The number of benzene rings is 1. The maximum absolute atomic E-state index is 12.7. The molecule has 0 aliphatic rings. The Kier molecular flexibility index (Phi) is 5.77. The van der Waals surface area contributed by atoms with Gasteiger partial charge in [-0.2, -0.15) is 10.1 Å². The Balaban J connectivity index is 1.70. The first-order valence-electron chi connectivity index (χ1n) is 9.06. The highest BCUT2D eigenvalue weighted by Crippen LogP contribution is 2.31. The molecule has 8 nitrogen and oxygen atoms in total. The Labute approximate surface area is 164 Å². The van der Waals surface area contributed by atoms with E-state index in [-0.39, 0.29) is 5.91 Å². The molecule has 148 valence electrons. The van der Waals surface area contributed by atoms with Gasteiger partial charge in [0.15, 0.2) is 11.5 Å². The second-order valence-corrected chi connectivity index (χ2v) is 6.64. The number of carbonyl (C=O) groups is 1. The highest BCUT2D eigenvalue weighted by molar-refractivity contribution is 5.76. The van der Waals surface area contributed by atoms with E-state index < -0.39 is 0 Å². The Morgan fingerprint density at radius 1 is 1.21 bits per heavy atom. The molecule has 0 saturated heterocycles. The van der Waals surface area contributed by atoms with Gasteiger partial charge in [0.1, 0.15) is 6.33 Å². The number of aryl methyl sites for hydroxylation is 2. The molecule has 8 heteroatoms. The van der Waals surface area contributed by atoms with Crippen LogP contribution in [-0.2, 0) is 17.8 Å². The van der Waals surface area contributed by atoms with Crippen LogP contribution < -0.4 is 9.47 Å². The minimum atomic E-state index is 0.0439. The molecule has 0 aliphatic carbocycles. The van der Waals surface area contributed by atoms with Crippen molar-refractivity contribution in [1.29, 1.82) is 0 Å². The summed E-state index contributed by atoms with van der Waals surface area (Å²) in [6.45, 7) is 4.35. The van der Waals surface area contributed by atoms with Crippen LogP contribution in [0.15, 0.2) is 24.5 Å². The molecule has 1 aromatic carbocycles. The van der Waals surface area contributed by atoms with Gasteiger partial charge >= 0.3 is 0 Å². The van der Waals surface area contributed by atoms with Gasteiger partial charge in [-0.05, 0) is 31.9 Å². The van der Waals surface area contributed by atoms with E-state index in [2.05, 4.69) is 15.1 Å². The molecular formula is C20H25N5O3. The number of hydrogen-bond donors (Lipinski definition) is 0. The maximum atomic E-state index is 12.7. The summed E-state index contributed by atoms with van der Waals surface area (Å²) in [5.74, 6) is 1.92. The van der Waals surface area contributed by atoms with E-state index in [9.17, 15) is 4.79 Å². The highest BCUT2D eigenvalue weighted by Gasteiger charge is 2.17. The maximum Gasteiger partial charge on any atom is 0.252 e. The SMILES string of the molecule is COc1cccc(CN(C)C(=O)CCc2c(C)nc3ncnn3c2C)c1OC. The van der Waals surface area contributed by atoms with E-state index in [0.717, 1.165) is 22.5 Å². The minimum Gasteiger partial charge on any atom is -0.493 e. The number of methoxy groups -OCH3 is 2. The van der Waals surface area contributed by atoms with Crippen LogP contribution in [0.2, 0.25) is 0 Å². The van der Waals surface area contributed by atoms with Gasteiger partial charge in [0.05, 0.1) is 14.2 Å². The van der Waals surface area contributed by atoms with Crippen molar-refractivity contribution in [3.8, 4) is 11.5 Å². The monoisotopic (exact) mass is 383 g/mol. The number of nitrogens with zero attached hydrogens (tertiary/aromatic N) is 5. The largest absolute Gasteiger partial charge is 0.493 e. The van der Waals surface area contributed by atoms with E-state index in [1.54, 1.807) is 30.7 Å². The number of rotatable bonds is 7. The third-order valence-corrected chi connectivity index (χ3v) is 4.90. The second-order valence-electron chi connectivity index (χ2n) is 6.64. The molecule has 2 heterocycles. The van der Waals surface area contributed by atoms with Crippen molar-refractivity contribution in [1.82, 2.24) is 24.5 Å². The van der Waals surface area contributed by atoms with Gasteiger partial charge in [-0.25, -0.2) is 9.50 Å². The quantitative estimate of drug-likeness (QED) is 0.623. The Morgan fingerprint density at radius 3 is 2.71 bits per heavy atom. The predicted octanol–water partition coefficient (Wildman–Crippen LogP) is 2.35. The second kappa shape index (κ2) is 8.24. The molecule has 0 aliphatic heterocycles. The third kappa shape index (κ3) is 3.76. The van der Waals surface area contributed by atoms with Gasteiger partial charge in [0.25, 0.3) is 5.78 Å². The van der Waals surface area contributed by atoms with Gasteiger partial charge in [-0.3, -0.25) is 4.79 Å². The lowest BCUT2D eigenvalue weighted by Gasteiger charge is -2.20. The number of amides is 1. The normalized spacial score (nSPS) is 10.9. The summed E-state index contributed by atoms with van der Waals surface area (Å²) in [4.78, 5) is 23.0. The zero-order valence-corrected chi connectivity index (χ0v) is 16.9. The Bertz CT molecular complexity index is 999. The van der Waals surface area contributed by atoms with E-state index in [1.807, 2.05) is 32.0 Å². The molecular weight excluding hydrogens is 358 g/mol. The van der Waals surface area contributed by atoms with E-state index >= 15 is 0 Å². The van der Waals surface area contributed by atoms with Crippen molar-refractivity contribution >= 4 is 11.7 Å². The number of para-hydroxylation sites is 1. The standard InChI is InChI=1S/C20H25N5O3/c1-13-16(14(2)25-20(23-13)21-12-22-25)9-10-18(26)24(3)11-15-7-6-8-17(27-4)19(15)28-5/h6-8,12H,9-11H2,1-5H3. The van der Waals surface area contributed by atoms with Crippen LogP contribution in [0, 0.1) is 13.8 Å². The first-order chi connectivity index (χ1) is 13.5. The number of fused-ring (bicyclic) bond motifs is 1. The van der Waals surface area contributed by atoms with Crippen molar-refractivity contribution in [2.45, 2.75) is 33.2 Å². The number of carbonyl (C=O) groups excluding carboxylic acids is 1. The van der Waals surface area contributed by atoms with Gasteiger partial charge in [-0.15, -0.1) is 0 Å². The highest BCUT2D eigenvalue weighted by atomic mass is 16.5. The molecule has 0 radical (unpaired) electrons. The average Bonchev–Trinajstić information content (AvgIpc) is 3.15. The predicted molar refractivity (Wildman–Crippen MR) is 105 cm³/mol. The average molecular weight is 383 g/mol. The molecule has 3 rings (SSSR count). The summed E-state index contributed by atoms with van der Waals surface area (Å²) >= 11 is 0. The molecule has 0 saturated carbocycles. The summed E-state index contributed by atoms with van der Waals surface area (Å²) in [6, 6.07) is 5.66. The lowest BCUT2D eigenvalue weighted by Crippen LogP contribution is -2.27. The summed E-state index contributed by atoms with van der Waals surface area (Å²) < 4.78 is 12.5. The fourth-order valence-electron chi connectivity index (χ4n) is 3.36. The van der Waals surface area contributed by atoms with Crippen molar-refractivity contribution in [2.75, 3.05) is 21.3 Å². The third-order valence-electron chi connectivity index (χ3n) is 4.90. The van der Waals surface area contributed by atoms with Crippen molar-refractivity contribution in [2.24, 2.45) is 0 Å². The van der Waals surface area contributed by atoms with Crippen molar-refractivity contribution < 1.29 is 14.3 Å². The van der Waals surface area contributed by atoms with Crippen LogP contribution in [0.5, 0.6) is 11.5 Å². The van der Waals surface area contributed by atoms with E-state index in [1.165, 1.54) is 6.33 Å². The molecule has 0 N–H and O–H groups in total. The number of aromatic nitrogens is 4. The van der Waals surface area contributed by atoms with E-state index in [0.29, 0.717) is 36.7 Å². The lowest BCUT2D eigenvalue weighted by molar-refractivity contribution is -0.130. The van der Waals surface area contributed by atoms with Crippen LogP contribution in [0.4, 0.5) is 0 Å². The number of hydrogen-bond acceptors (Lipinski definition) is 6. The summed E-state index contributed by atoms with van der Waals surface area (Å²) in [5.41, 5.74) is 3.77. The Morgan fingerprint density at radius 2 is 2.00 bits per heavy atom. The van der Waals surface area contributed by atoms with Gasteiger partial charge in [0, 0.05) is 37.0 Å². The van der Waals surface area contributed by atoms with Gasteiger partial charge in [0.2, 0.25) is 5.91 Å². The summed E-state index contributed by atoms with van der Waals surface area (Å²) in [5, 5.41) is 4.20. The fourth-order valence-corrected chi connectivity index (χ4v) is 3.36. The van der Waals surface area contributed by atoms with Gasteiger partial charge < -0.3 is 14.4 Å². The van der Waals surface area contributed by atoms with Crippen molar-refractivity contribution in [3.63, 3.8) is 0 Å². The number of ether oxygens (including phenoxy) is 2. The zero-order valence-electron chi connectivity index (χ0n) is 16.9. The van der Waals surface area contributed by atoms with Crippen molar-refractivity contribution in [3.05, 3.63) is 47.0 Å². The van der Waals surface area contributed by atoms with Crippen LogP contribution in [-0.4, -0.2) is 51.7 Å². The summed E-state index contributed by atoms with van der Waals surface area (Å²) in [7, 11) is 4.99. The topological polar surface area (TPSA) is 81.9 Å². The first-order valence-corrected chi connectivity index (χ1v) is 9.06. The molecule has 2 aromatic heterocycles. The first kappa shape index (κ1) is 19.6. The van der Waals surface area contributed by atoms with Crippen LogP contribution in [0.1, 0.15) is 28.9 Å². The van der Waals surface area contributed by atoms with Crippen LogP contribution >= 0.6 is 0 Å². The molecule has 0 spiro atoms. The minimum absolute atomic E-state index is 0.0439. The molecule has 0 fully saturated rings. The lowest BCUT2D eigenvalue weighted by atomic mass is 10.1. The molecule has 3 aromatic rings. The smallest absolute Gasteiger partial charge is 0.252 e. The zero-order chi connectivity index (χ0) is 20.3. The van der Waals surface area contributed by atoms with Gasteiger partial charge in [-0.1, -0.05) is 12.1 Å².